The van der Waals surface area contributed by atoms with E-state index in [4.69, 9.17) is 4.74 Å². The molecular weight excluding hydrogens is 258 g/mol. The summed E-state index contributed by atoms with van der Waals surface area (Å²) in [7, 11) is 1.73. The number of aryl methyl sites for hydroxylation is 1. The topological polar surface area (TPSA) is 21.3 Å². The molecule has 0 spiro atoms. The van der Waals surface area contributed by atoms with Crippen molar-refractivity contribution in [3.63, 3.8) is 0 Å². The first-order chi connectivity index (χ1) is 10.0. The Labute approximate surface area is 130 Å². The molecule has 0 bridgehead atoms. The zero-order valence-electron chi connectivity index (χ0n) is 14.2. The number of rotatable bonds is 7. The molecule has 0 amide bonds. The van der Waals surface area contributed by atoms with Crippen molar-refractivity contribution < 1.29 is 4.74 Å². The average molecular weight is 289 g/mol. The molecule has 2 nitrogen and oxygen atoms in total. The van der Waals surface area contributed by atoms with Gasteiger partial charge in [0.05, 0.1) is 7.11 Å². The summed E-state index contributed by atoms with van der Waals surface area (Å²) in [6, 6.07) is 6.48. The summed E-state index contributed by atoms with van der Waals surface area (Å²) in [5.41, 5.74) is 3.12. The van der Waals surface area contributed by atoms with E-state index < -0.39 is 0 Å². The minimum absolute atomic E-state index is 0.551. The molecular formula is C19H31NO. The van der Waals surface area contributed by atoms with Gasteiger partial charge >= 0.3 is 0 Å². The minimum atomic E-state index is 0.551. The summed E-state index contributed by atoms with van der Waals surface area (Å²) < 4.78 is 5.33. The zero-order chi connectivity index (χ0) is 15.3. The van der Waals surface area contributed by atoms with Crippen LogP contribution in [0.2, 0.25) is 0 Å². The second-order valence-corrected chi connectivity index (χ2v) is 7.21. The first-order valence-electron chi connectivity index (χ1n) is 8.39. The summed E-state index contributed by atoms with van der Waals surface area (Å²) in [5.74, 6) is 1.78. The molecule has 118 valence electrons. The number of benzene rings is 1. The summed E-state index contributed by atoms with van der Waals surface area (Å²) in [4.78, 5) is 0. The lowest BCUT2D eigenvalue weighted by Crippen LogP contribution is -2.33. The van der Waals surface area contributed by atoms with E-state index in [9.17, 15) is 0 Å². The fraction of sp³-hybridized carbons (Fsp3) is 0.684. The van der Waals surface area contributed by atoms with Gasteiger partial charge in [0.1, 0.15) is 5.75 Å². The lowest BCUT2D eigenvalue weighted by atomic mass is 9.78. The van der Waals surface area contributed by atoms with E-state index in [1.54, 1.807) is 7.11 Å². The van der Waals surface area contributed by atoms with Crippen LogP contribution in [0.4, 0.5) is 0 Å². The number of ether oxygens (including phenoxy) is 1. The van der Waals surface area contributed by atoms with Crippen molar-refractivity contribution in [3.05, 3.63) is 29.3 Å². The number of hydrogen-bond acceptors (Lipinski definition) is 2. The Kier molecular flexibility index (Phi) is 5.69. The first-order valence-corrected chi connectivity index (χ1v) is 8.39. The van der Waals surface area contributed by atoms with E-state index in [0.29, 0.717) is 5.41 Å². The third-order valence-electron chi connectivity index (χ3n) is 4.79. The fourth-order valence-corrected chi connectivity index (χ4v) is 3.97. The van der Waals surface area contributed by atoms with Crippen LogP contribution >= 0.6 is 0 Å². The van der Waals surface area contributed by atoms with Crippen molar-refractivity contribution in [3.8, 4) is 5.75 Å². The van der Waals surface area contributed by atoms with Crippen LogP contribution in [0.25, 0.3) is 0 Å². The highest BCUT2D eigenvalue weighted by atomic mass is 16.5. The normalized spacial score (nSPS) is 17.4. The molecule has 1 aliphatic carbocycles. The average Bonchev–Trinajstić information content (AvgIpc) is 2.86. The molecule has 2 rings (SSSR count). The monoisotopic (exact) mass is 289 g/mol. The zero-order valence-corrected chi connectivity index (χ0v) is 14.2. The summed E-state index contributed by atoms with van der Waals surface area (Å²) in [5, 5.41) is 3.71. The van der Waals surface area contributed by atoms with Gasteiger partial charge in [-0.25, -0.2) is 0 Å². The molecule has 1 aliphatic rings. The molecule has 0 atom stereocenters. The lowest BCUT2D eigenvalue weighted by molar-refractivity contribution is 0.223. The SMILES string of the molecule is COc1ccc(CNCC2(CC(C)C)CCCC2)cc1C. The molecule has 1 aromatic rings. The Balaban J connectivity index is 1.89. The molecule has 0 saturated heterocycles. The third kappa shape index (κ3) is 4.47. The molecule has 1 aromatic carbocycles. The van der Waals surface area contributed by atoms with Gasteiger partial charge in [-0.3, -0.25) is 0 Å². The van der Waals surface area contributed by atoms with Crippen LogP contribution in [0.3, 0.4) is 0 Å². The van der Waals surface area contributed by atoms with Gasteiger partial charge in [0.2, 0.25) is 0 Å². The van der Waals surface area contributed by atoms with Crippen LogP contribution < -0.4 is 10.1 Å². The maximum absolute atomic E-state index is 5.33. The summed E-state index contributed by atoms with van der Waals surface area (Å²) in [6.45, 7) is 8.94. The molecule has 0 unspecified atom stereocenters. The van der Waals surface area contributed by atoms with Gasteiger partial charge in [0.15, 0.2) is 0 Å². The third-order valence-corrected chi connectivity index (χ3v) is 4.79. The Bertz CT molecular complexity index is 447. The largest absolute Gasteiger partial charge is 0.496 e. The Morgan fingerprint density at radius 1 is 1.24 bits per heavy atom. The quantitative estimate of drug-likeness (QED) is 0.785. The Morgan fingerprint density at radius 3 is 2.52 bits per heavy atom. The predicted octanol–water partition coefficient (Wildman–Crippen LogP) is 4.70. The van der Waals surface area contributed by atoms with Crippen LogP contribution in [0.15, 0.2) is 18.2 Å². The second kappa shape index (κ2) is 7.31. The smallest absolute Gasteiger partial charge is 0.121 e. The van der Waals surface area contributed by atoms with E-state index in [0.717, 1.165) is 24.8 Å². The van der Waals surface area contributed by atoms with Crippen molar-refractivity contribution in [2.24, 2.45) is 11.3 Å². The van der Waals surface area contributed by atoms with Gasteiger partial charge in [-0.2, -0.15) is 0 Å². The highest BCUT2D eigenvalue weighted by molar-refractivity contribution is 5.36. The van der Waals surface area contributed by atoms with E-state index in [1.165, 1.54) is 43.2 Å². The maximum Gasteiger partial charge on any atom is 0.121 e. The highest BCUT2D eigenvalue weighted by Crippen LogP contribution is 2.42. The van der Waals surface area contributed by atoms with Gasteiger partial charge in [0.25, 0.3) is 0 Å². The molecule has 0 radical (unpaired) electrons. The van der Waals surface area contributed by atoms with Crippen LogP contribution in [-0.2, 0) is 6.54 Å². The van der Waals surface area contributed by atoms with Crippen molar-refractivity contribution in [2.45, 2.75) is 59.4 Å². The van der Waals surface area contributed by atoms with Crippen LogP contribution in [0.5, 0.6) is 5.75 Å². The highest BCUT2D eigenvalue weighted by Gasteiger charge is 2.33. The molecule has 21 heavy (non-hydrogen) atoms. The molecule has 2 heteroatoms. The molecule has 1 N–H and O–H groups in total. The maximum atomic E-state index is 5.33. The van der Waals surface area contributed by atoms with Gasteiger partial charge in [-0.15, -0.1) is 0 Å². The molecule has 1 saturated carbocycles. The van der Waals surface area contributed by atoms with Crippen molar-refractivity contribution in [1.29, 1.82) is 0 Å². The fourth-order valence-electron chi connectivity index (χ4n) is 3.97. The lowest BCUT2D eigenvalue weighted by Gasteiger charge is -2.31. The summed E-state index contributed by atoms with van der Waals surface area (Å²) in [6.07, 6.45) is 6.99. The summed E-state index contributed by atoms with van der Waals surface area (Å²) >= 11 is 0. The minimum Gasteiger partial charge on any atom is -0.496 e. The first kappa shape index (κ1) is 16.4. The number of nitrogens with one attached hydrogen (secondary N) is 1. The van der Waals surface area contributed by atoms with E-state index in [-0.39, 0.29) is 0 Å². The molecule has 0 heterocycles. The number of methoxy groups -OCH3 is 1. The predicted molar refractivity (Wildman–Crippen MR) is 89.8 cm³/mol. The van der Waals surface area contributed by atoms with Gasteiger partial charge in [-0.1, -0.05) is 38.8 Å². The van der Waals surface area contributed by atoms with Crippen LogP contribution in [0, 0.1) is 18.3 Å². The van der Waals surface area contributed by atoms with Gasteiger partial charge in [0, 0.05) is 13.1 Å². The second-order valence-electron chi connectivity index (χ2n) is 7.21. The van der Waals surface area contributed by atoms with Crippen LogP contribution in [-0.4, -0.2) is 13.7 Å². The molecule has 0 aromatic heterocycles. The Hall–Kier alpha value is -1.02. The van der Waals surface area contributed by atoms with Crippen molar-refractivity contribution in [2.75, 3.05) is 13.7 Å². The van der Waals surface area contributed by atoms with Gasteiger partial charge < -0.3 is 10.1 Å². The standard InChI is InChI=1S/C19H31NO/c1-15(2)12-19(9-5-6-10-19)14-20-13-17-7-8-18(21-4)16(3)11-17/h7-8,11,15,20H,5-6,9-10,12-14H2,1-4H3. The number of hydrogen-bond donors (Lipinski definition) is 1. The molecule has 0 aliphatic heterocycles. The van der Waals surface area contributed by atoms with E-state index in [2.05, 4.69) is 44.3 Å². The Morgan fingerprint density at radius 2 is 1.95 bits per heavy atom. The van der Waals surface area contributed by atoms with Crippen molar-refractivity contribution >= 4 is 0 Å². The molecule has 1 fully saturated rings. The van der Waals surface area contributed by atoms with Gasteiger partial charge in [-0.05, 0) is 54.7 Å². The van der Waals surface area contributed by atoms with E-state index in [1.807, 2.05) is 0 Å². The van der Waals surface area contributed by atoms with E-state index >= 15 is 0 Å². The van der Waals surface area contributed by atoms with Crippen LogP contribution in [0.1, 0.15) is 57.1 Å². The van der Waals surface area contributed by atoms with Crippen molar-refractivity contribution in [1.82, 2.24) is 5.32 Å².